The highest BCUT2D eigenvalue weighted by atomic mass is 32.1. The molecule has 2 nitrogen and oxygen atoms in total. The Morgan fingerprint density at radius 1 is 0.362 bits per heavy atom. The molecular weight excluding hydrogens is 741 g/mol. The summed E-state index contributed by atoms with van der Waals surface area (Å²) in [7, 11) is 0. The van der Waals surface area contributed by atoms with E-state index in [1.807, 2.05) is 66.7 Å². The van der Waals surface area contributed by atoms with E-state index >= 15 is 0 Å². The van der Waals surface area contributed by atoms with Crippen LogP contribution in [0.4, 0.5) is 0 Å². The third-order valence-corrected chi connectivity index (χ3v) is 13.9. The molecule has 0 radical (unpaired) electrons. The molecule has 4 heterocycles. The standard InChI is InChI=1S/C54H32N2S2/c1-2-11-33(12-3-1)38-16-10-17-42-44-30-35(22-26-49(44)56(54(38)42)37-24-28-53-46(32-37)41-15-6-9-20-51(41)58-53)34-21-25-48-43(29-34)39-13-4-7-18-47(39)55(48)36-23-27-52-45(31-36)40-14-5-8-19-50(40)57-52/h1-32H/i4D,7D,13D,18D,21D,25D,29D. The summed E-state index contributed by atoms with van der Waals surface area (Å²) in [6, 6.07) is 50.0. The maximum Gasteiger partial charge on any atom is 0.0645 e. The lowest BCUT2D eigenvalue weighted by atomic mass is 9.99. The van der Waals surface area contributed by atoms with E-state index in [4.69, 9.17) is 2.74 Å². The van der Waals surface area contributed by atoms with Crippen molar-refractivity contribution in [1.29, 1.82) is 0 Å². The highest BCUT2D eigenvalue weighted by Gasteiger charge is 2.20. The number of nitrogens with zero attached hydrogens (tertiary/aromatic N) is 2. The number of benzene rings is 9. The molecule has 0 saturated heterocycles. The van der Waals surface area contributed by atoms with Gasteiger partial charge in [0.15, 0.2) is 0 Å². The molecule has 58 heavy (non-hydrogen) atoms. The molecule has 0 unspecified atom stereocenters. The lowest BCUT2D eigenvalue weighted by Crippen LogP contribution is -1.95. The molecule has 270 valence electrons. The van der Waals surface area contributed by atoms with Crippen molar-refractivity contribution in [2.75, 3.05) is 0 Å². The van der Waals surface area contributed by atoms with Gasteiger partial charge in [-0.3, -0.25) is 0 Å². The average Bonchev–Trinajstić information content (AvgIpc) is 4.10. The van der Waals surface area contributed by atoms with Crippen molar-refractivity contribution in [3.63, 3.8) is 0 Å². The summed E-state index contributed by atoms with van der Waals surface area (Å²) >= 11 is 3.45. The summed E-state index contributed by atoms with van der Waals surface area (Å²) in [5, 5.41) is 6.70. The largest absolute Gasteiger partial charge is 0.309 e. The Morgan fingerprint density at radius 3 is 1.76 bits per heavy atom. The Kier molecular flexibility index (Phi) is 5.50. The minimum absolute atomic E-state index is 0.0697. The summed E-state index contributed by atoms with van der Waals surface area (Å²) in [4.78, 5) is 0. The zero-order valence-corrected chi connectivity index (χ0v) is 32.3. The second-order valence-electron chi connectivity index (χ2n) is 14.7. The highest BCUT2D eigenvalue weighted by molar-refractivity contribution is 7.26. The molecule has 0 bridgehead atoms. The van der Waals surface area contributed by atoms with Crippen LogP contribution >= 0.6 is 22.7 Å². The van der Waals surface area contributed by atoms with Gasteiger partial charge in [-0.25, -0.2) is 0 Å². The van der Waals surface area contributed by atoms with Gasteiger partial charge in [0.05, 0.1) is 31.7 Å². The van der Waals surface area contributed by atoms with Gasteiger partial charge in [-0.15, -0.1) is 22.7 Å². The van der Waals surface area contributed by atoms with Crippen LogP contribution in [0.1, 0.15) is 9.60 Å². The van der Waals surface area contributed by atoms with E-state index in [0.717, 1.165) is 58.8 Å². The van der Waals surface area contributed by atoms with Crippen LogP contribution in [0.3, 0.4) is 0 Å². The van der Waals surface area contributed by atoms with E-state index in [2.05, 4.69) is 89.5 Å². The minimum atomic E-state index is -0.416. The zero-order valence-electron chi connectivity index (χ0n) is 37.6. The predicted octanol–water partition coefficient (Wildman–Crippen LogP) is 16.0. The quantitative estimate of drug-likeness (QED) is 0.168. The first kappa shape index (κ1) is 26.0. The highest BCUT2D eigenvalue weighted by Crippen LogP contribution is 2.43. The van der Waals surface area contributed by atoms with E-state index < -0.39 is 12.1 Å². The van der Waals surface area contributed by atoms with Gasteiger partial charge >= 0.3 is 0 Å². The molecule has 0 N–H and O–H groups in total. The fourth-order valence-electron chi connectivity index (χ4n) is 8.97. The molecule has 0 aliphatic heterocycles. The van der Waals surface area contributed by atoms with Crippen LogP contribution in [0.5, 0.6) is 0 Å². The third kappa shape index (κ3) is 4.64. The molecule has 0 aliphatic carbocycles. The Bertz CT molecular complexity index is 4220. The first-order valence-corrected chi connectivity index (χ1v) is 20.8. The SMILES string of the molecule is [2H]c1c([2H])c([2H])c2c(c1[2H])c1c([2H])c(-c3ccc4c(c3)c3cccc(-c5ccccc5)c3n4-c3ccc4sc5ccccc5c4c3)c([2H])c([2H])c1n2-c1ccc2sc3ccccc3c2c1. The molecule has 0 amide bonds. The van der Waals surface area contributed by atoms with Crippen LogP contribution in [0.15, 0.2) is 194 Å². The molecule has 13 rings (SSSR count). The van der Waals surface area contributed by atoms with E-state index in [1.54, 1.807) is 27.2 Å². The van der Waals surface area contributed by atoms with Gasteiger partial charge in [-0.2, -0.15) is 0 Å². The second kappa shape index (κ2) is 12.3. The normalized spacial score (nSPS) is 13.8. The lowest BCUT2D eigenvalue weighted by Gasteiger charge is -2.12. The first-order chi connectivity index (χ1) is 31.7. The monoisotopic (exact) mass is 779 g/mol. The topological polar surface area (TPSA) is 9.86 Å². The van der Waals surface area contributed by atoms with Crippen molar-refractivity contribution in [3.8, 4) is 33.6 Å². The van der Waals surface area contributed by atoms with Crippen molar-refractivity contribution in [2.24, 2.45) is 0 Å². The Labute approximate surface area is 351 Å². The first-order valence-electron chi connectivity index (χ1n) is 22.7. The minimum Gasteiger partial charge on any atom is -0.309 e. The van der Waals surface area contributed by atoms with Gasteiger partial charge in [-0.05, 0) is 95.5 Å². The number of thiophene rings is 2. The summed E-state index contributed by atoms with van der Waals surface area (Å²) in [5.74, 6) is 0. The van der Waals surface area contributed by atoms with E-state index in [1.165, 1.54) is 20.2 Å². The maximum absolute atomic E-state index is 9.99. The van der Waals surface area contributed by atoms with Crippen LogP contribution in [0, 0.1) is 0 Å². The smallest absolute Gasteiger partial charge is 0.0645 e. The summed E-state index contributed by atoms with van der Waals surface area (Å²) in [6.45, 7) is 0. The average molecular weight is 780 g/mol. The molecule has 9 aromatic carbocycles. The van der Waals surface area contributed by atoms with Crippen LogP contribution in [0.2, 0.25) is 0 Å². The van der Waals surface area contributed by atoms with Crippen LogP contribution in [-0.4, -0.2) is 9.13 Å². The van der Waals surface area contributed by atoms with E-state index in [-0.39, 0.29) is 57.6 Å². The Balaban J connectivity index is 1.10. The molecule has 0 aliphatic rings. The molecule has 0 spiro atoms. The summed E-state index contributed by atoms with van der Waals surface area (Å²) < 4.78 is 74.0. The number of para-hydroxylation sites is 2. The molecule has 4 aromatic heterocycles. The lowest BCUT2D eigenvalue weighted by molar-refractivity contribution is 1.19. The fraction of sp³-hybridized carbons (Fsp3) is 0. The number of hydrogen-bond donors (Lipinski definition) is 0. The number of hydrogen-bond acceptors (Lipinski definition) is 2. The zero-order chi connectivity index (χ0) is 44.0. The van der Waals surface area contributed by atoms with Crippen molar-refractivity contribution in [2.45, 2.75) is 0 Å². The molecule has 13 aromatic rings. The van der Waals surface area contributed by atoms with Crippen molar-refractivity contribution in [1.82, 2.24) is 9.13 Å². The molecule has 0 atom stereocenters. The maximum atomic E-state index is 9.99. The van der Waals surface area contributed by atoms with Crippen molar-refractivity contribution in [3.05, 3.63) is 194 Å². The molecule has 0 fully saturated rings. The van der Waals surface area contributed by atoms with Crippen molar-refractivity contribution >= 4 is 107 Å². The van der Waals surface area contributed by atoms with Crippen molar-refractivity contribution < 1.29 is 9.60 Å². The van der Waals surface area contributed by atoms with E-state index in [0.29, 0.717) is 11.3 Å². The summed E-state index contributed by atoms with van der Waals surface area (Å²) in [5.41, 5.74) is 6.85. The number of fused-ring (bicyclic) bond motifs is 12. The molecule has 0 saturated carbocycles. The van der Waals surface area contributed by atoms with Gasteiger partial charge in [0.2, 0.25) is 0 Å². The van der Waals surface area contributed by atoms with Crippen LogP contribution in [-0.2, 0) is 0 Å². The summed E-state index contributed by atoms with van der Waals surface area (Å²) in [6.07, 6.45) is 0. The molecular formula is C54H32N2S2. The van der Waals surface area contributed by atoms with Gasteiger partial charge in [-0.1, -0.05) is 115 Å². The van der Waals surface area contributed by atoms with Crippen LogP contribution in [0.25, 0.3) is 118 Å². The second-order valence-corrected chi connectivity index (χ2v) is 16.9. The third-order valence-electron chi connectivity index (χ3n) is 11.6. The van der Waals surface area contributed by atoms with Gasteiger partial charge in [0, 0.05) is 78.8 Å². The Morgan fingerprint density at radius 2 is 1.00 bits per heavy atom. The molecule has 4 heteroatoms. The van der Waals surface area contributed by atoms with Gasteiger partial charge < -0.3 is 9.13 Å². The Hall–Kier alpha value is -6.98. The number of rotatable bonds is 4. The fourth-order valence-corrected chi connectivity index (χ4v) is 11.1. The van der Waals surface area contributed by atoms with E-state index in [9.17, 15) is 6.85 Å². The number of aromatic nitrogens is 2. The van der Waals surface area contributed by atoms with Gasteiger partial charge in [0.1, 0.15) is 0 Å². The predicted molar refractivity (Wildman–Crippen MR) is 252 cm³/mol. The van der Waals surface area contributed by atoms with Gasteiger partial charge in [0.25, 0.3) is 0 Å². The van der Waals surface area contributed by atoms with Crippen LogP contribution < -0.4 is 0 Å².